The lowest BCUT2D eigenvalue weighted by atomic mass is 9.93. The Hall–Kier alpha value is -1.33. The summed E-state index contributed by atoms with van der Waals surface area (Å²) >= 11 is 0. The Bertz CT molecular complexity index is 443. The van der Waals surface area contributed by atoms with Crippen LogP contribution in [-0.4, -0.2) is 6.04 Å². The van der Waals surface area contributed by atoms with Crippen LogP contribution in [0.15, 0.2) is 24.3 Å². The molecule has 0 saturated heterocycles. The molecule has 2 nitrogen and oxygen atoms in total. The average molecular weight is 256 g/mol. The third-order valence-corrected chi connectivity index (χ3v) is 4.75. The van der Waals surface area contributed by atoms with Crippen LogP contribution in [0, 0.1) is 23.2 Å². The average Bonchev–Trinajstić information content (AvgIpc) is 2.79. The smallest absolute Gasteiger partial charge is 0.0991 e. The molecule has 0 heterocycles. The normalized spacial score (nSPS) is 28.0. The highest BCUT2D eigenvalue weighted by Gasteiger charge is 2.32. The summed E-state index contributed by atoms with van der Waals surface area (Å²) in [5, 5.41) is 12.6. The first-order valence-electron chi connectivity index (χ1n) is 7.41. The summed E-state index contributed by atoms with van der Waals surface area (Å²) in [6, 6.07) is 11.1. The van der Waals surface area contributed by atoms with Crippen molar-refractivity contribution < 1.29 is 0 Å². The fourth-order valence-electron chi connectivity index (χ4n) is 3.32. The lowest BCUT2D eigenvalue weighted by Gasteiger charge is -2.25. The summed E-state index contributed by atoms with van der Waals surface area (Å²) in [5.74, 6) is 1.65. The fourth-order valence-corrected chi connectivity index (χ4v) is 3.32. The van der Waals surface area contributed by atoms with Gasteiger partial charge in [-0.05, 0) is 49.3 Å². The van der Waals surface area contributed by atoms with E-state index < -0.39 is 0 Å². The minimum absolute atomic E-state index is 0.357. The topological polar surface area (TPSA) is 35.8 Å². The molecule has 1 aliphatic carbocycles. The Kier molecular flexibility index (Phi) is 4.61. The van der Waals surface area contributed by atoms with Crippen molar-refractivity contribution in [1.82, 2.24) is 5.32 Å². The maximum absolute atomic E-state index is 8.82. The van der Waals surface area contributed by atoms with E-state index in [-0.39, 0.29) is 0 Å². The van der Waals surface area contributed by atoms with Gasteiger partial charge in [0.2, 0.25) is 0 Å². The quantitative estimate of drug-likeness (QED) is 0.882. The van der Waals surface area contributed by atoms with Crippen LogP contribution < -0.4 is 5.32 Å². The number of benzene rings is 1. The van der Waals surface area contributed by atoms with Gasteiger partial charge in [0, 0.05) is 12.1 Å². The summed E-state index contributed by atoms with van der Waals surface area (Å²) < 4.78 is 0. The molecule has 0 aliphatic heterocycles. The molecule has 1 aromatic carbocycles. The Morgan fingerprint density at radius 1 is 1.32 bits per heavy atom. The molecule has 1 aromatic rings. The number of nitrogens with zero attached hydrogens (tertiary/aromatic N) is 1. The molecular weight excluding hydrogens is 232 g/mol. The van der Waals surface area contributed by atoms with Crippen LogP contribution in [0.5, 0.6) is 0 Å². The zero-order chi connectivity index (χ0) is 13.8. The summed E-state index contributed by atoms with van der Waals surface area (Å²) in [5.41, 5.74) is 2.00. The molecule has 0 radical (unpaired) electrons. The zero-order valence-electron chi connectivity index (χ0n) is 12.2. The zero-order valence-corrected chi connectivity index (χ0v) is 12.2. The van der Waals surface area contributed by atoms with Gasteiger partial charge in [-0.15, -0.1) is 0 Å². The molecule has 2 rings (SSSR count). The Labute approximate surface area is 116 Å². The van der Waals surface area contributed by atoms with E-state index >= 15 is 0 Å². The lowest BCUT2D eigenvalue weighted by molar-refractivity contribution is 0.327. The molecule has 102 valence electrons. The van der Waals surface area contributed by atoms with Gasteiger partial charge in [0.15, 0.2) is 0 Å². The van der Waals surface area contributed by atoms with E-state index in [1.165, 1.54) is 24.8 Å². The summed E-state index contributed by atoms with van der Waals surface area (Å²) in [6.45, 7) is 6.89. The van der Waals surface area contributed by atoms with Gasteiger partial charge in [-0.2, -0.15) is 5.26 Å². The predicted molar refractivity (Wildman–Crippen MR) is 78.7 cm³/mol. The molecule has 0 aromatic heterocycles. The summed E-state index contributed by atoms with van der Waals surface area (Å²) in [6.07, 6.45) is 3.94. The van der Waals surface area contributed by atoms with Gasteiger partial charge in [0.1, 0.15) is 0 Å². The van der Waals surface area contributed by atoms with Crippen molar-refractivity contribution in [1.29, 1.82) is 5.26 Å². The standard InChI is InChI=1S/C17H24N2/c1-4-15-9-10-17(12(15)2)19-13(3)16-7-5-14(11-18)6-8-16/h5-8,12-13,15,17,19H,4,9-10H2,1-3H3. The monoisotopic (exact) mass is 256 g/mol. The number of hydrogen-bond acceptors (Lipinski definition) is 2. The van der Waals surface area contributed by atoms with Crippen LogP contribution in [0.3, 0.4) is 0 Å². The van der Waals surface area contributed by atoms with E-state index in [4.69, 9.17) is 5.26 Å². The van der Waals surface area contributed by atoms with Gasteiger partial charge in [-0.3, -0.25) is 0 Å². The van der Waals surface area contributed by atoms with Crippen molar-refractivity contribution in [3.8, 4) is 6.07 Å². The van der Waals surface area contributed by atoms with E-state index in [0.29, 0.717) is 12.1 Å². The Morgan fingerprint density at radius 2 is 2.00 bits per heavy atom. The third-order valence-electron chi connectivity index (χ3n) is 4.75. The fraction of sp³-hybridized carbons (Fsp3) is 0.588. The lowest BCUT2D eigenvalue weighted by Crippen LogP contribution is -2.34. The largest absolute Gasteiger partial charge is 0.307 e. The predicted octanol–water partition coefficient (Wildman–Crippen LogP) is 4.03. The van der Waals surface area contributed by atoms with Crippen molar-refractivity contribution in [3.63, 3.8) is 0 Å². The molecule has 19 heavy (non-hydrogen) atoms. The molecule has 0 amide bonds. The molecule has 1 N–H and O–H groups in total. The van der Waals surface area contributed by atoms with Crippen molar-refractivity contribution in [3.05, 3.63) is 35.4 Å². The first-order valence-corrected chi connectivity index (χ1v) is 7.41. The van der Waals surface area contributed by atoms with Crippen molar-refractivity contribution >= 4 is 0 Å². The van der Waals surface area contributed by atoms with E-state index in [2.05, 4.69) is 44.3 Å². The number of hydrogen-bond donors (Lipinski definition) is 1. The second-order valence-electron chi connectivity index (χ2n) is 5.83. The molecule has 4 unspecified atom stereocenters. The van der Waals surface area contributed by atoms with Crippen LogP contribution in [0.4, 0.5) is 0 Å². The van der Waals surface area contributed by atoms with Crippen molar-refractivity contribution in [2.24, 2.45) is 11.8 Å². The van der Waals surface area contributed by atoms with Gasteiger partial charge < -0.3 is 5.32 Å². The van der Waals surface area contributed by atoms with Crippen LogP contribution in [0.25, 0.3) is 0 Å². The second-order valence-corrected chi connectivity index (χ2v) is 5.83. The Morgan fingerprint density at radius 3 is 2.53 bits per heavy atom. The highest BCUT2D eigenvalue weighted by Crippen LogP contribution is 2.35. The van der Waals surface area contributed by atoms with Gasteiger partial charge in [-0.1, -0.05) is 32.4 Å². The summed E-state index contributed by atoms with van der Waals surface area (Å²) in [7, 11) is 0. The van der Waals surface area contributed by atoms with Gasteiger partial charge in [-0.25, -0.2) is 0 Å². The molecular formula is C17H24N2. The second kappa shape index (κ2) is 6.21. The maximum atomic E-state index is 8.82. The van der Waals surface area contributed by atoms with Crippen molar-refractivity contribution in [2.45, 2.75) is 52.1 Å². The highest BCUT2D eigenvalue weighted by molar-refractivity contribution is 5.32. The Balaban J connectivity index is 1.97. The van der Waals surface area contributed by atoms with E-state index in [0.717, 1.165) is 17.4 Å². The molecule has 4 atom stereocenters. The number of nitriles is 1. The SMILES string of the molecule is CCC1CCC(NC(C)c2ccc(C#N)cc2)C1C. The molecule has 2 heteroatoms. The molecule has 1 aliphatic rings. The minimum Gasteiger partial charge on any atom is -0.307 e. The van der Waals surface area contributed by atoms with Crippen LogP contribution >= 0.6 is 0 Å². The van der Waals surface area contributed by atoms with Gasteiger partial charge in [0.05, 0.1) is 11.6 Å². The van der Waals surface area contributed by atoms with Gasteiger partial charge in [0.25, 0.3) is 0 Å². The van der Waals surface area contributed by atoms with E-state index in [9.17, 15) is 0 Å². The third kappa shape index (κ3) is 3.16. The van der Waals surface area contributed by atoms with E-state index in [1.807, 2.05) is 12.1 Å². The highest BCUT2D eigenvalue weighted by atomic mass is 15.0. The molecule has 1 fully saturated rings. The van der Waals surface area contributed by atoms with Crippen molar-refractivity contribution in [2.75, 3.05) is 0 Å². The summed E-state index contributed by atoms with van der Waals surface area (Å²) in [4.78, 5) is 0. The first kappa shape index (κ1) is 14.1. The molecule has 1 saturated carbocycles. The first-order chi connectivity index (χ1) is 9.15. The number of rotatable bonds is 4. The van der Waals surface area contributed by atoms with E-state index in [1.54, 1.807) is 0 Å². The maximum Gasteiger partial charge on any atom is 0.0991 e. The van der Waals surface area contributed by atoms with Gasteiger partial charge >= 0.3 is 0 Å². The number of nitrogens with one attached hydrogen (secondary N) is 1. The van der Waals surface area contributed by atoms with Crippen LogP contribution in [-0.2, 0) is 0 Å². The molecule has 0 spiro atoms. The van der Waals surface area contributed by atoms with Crippen LogP contribution in [0.1, 0.15) is 57.2 Å². The minimum atomic E-state index is 0.357. The molecule has 0 bridgehead atoms. The van der Waals surface area contributed by atoms with Crippen LogP contribution in [0.2, 0.25) is 0 Å².